The molecule has 4 atom stereocenters. The van der Waals surface area contributed by atoms with Crippen molar-refractivity contribution in [1.29, 1.82) is 0 Å². The van der Waals surface area contributed by atoms with Gasteiger partial charge in [0.25, 0.3) is 0 Å². The van der Waals surface area contributed by atoms with Gasteiger partial charge < -0.3 is 0 Å². The van der Waals surface area contributed by atoms with Gasteiger partial charge in [-0.05, 0) is 100 Å². The highest BCUT2D eigenvalue weighted by Crippen LogP contribution is 2.72. The van der Waals surface area contributed by atoms with E-state index in [2.05, 4.69) is 76.6 Å². The van der Waals surface area contributed by atoms with Gasteiger partial charge in [-0.2, -0.15) is 0 Å². The summed E-state index contributed by atoms with van der Waals surface area (Å²) in [5, 5.41) is 0. The molecule has 4 saturated carbocycles. The van der Waals surface area contributed by atoms with Crippen molar-refractivity contribution in [3.8, 4) is 0 Å². The Labute approximate surface area is 194 Å². The highest BCUT2D eigenvalue weighted by Gasteiger charge is 2.66. The van der Waals surface area contributed by atoms with E-state index in [4.69, 9.17) is 0 Å². The maximum Gasteiger partial charge on any atom is 0.00183 e. The molecule has 2 aromatic rings. The largest absolute Gasteiger partial charge is 0.0985 e. The molecular weight excluding hydrogens is 384 g/mol. The first-order valence-corrected chi connectivity index (χ1v) is 12.1. The van der Waals surface area contributed by atoms with E-state index in [1.165, 1.54) is 65.5 Å². The third kappa shape index (κ3) is 2.88. The molecule has 0 radical (unpaired) electrons. The van der Waals surface area contributed by atoms with Crippen molar-refractivity contribution in [2.45, 2.75) is 56.8 Å². The van der Waals surface area contributed by atoms with Crippen LogP contribution in [0.1, 0.15) is 79.3 Å². The molecule has 0 spiro atoms. The van der Waals surface area contributed by atoms with Gasteiger partial charge in [-0.1, -0.05) is 88.7 Å². The highest BCUT2D eigenvalue weighted by molar-refractivity contribution is 5.61. The smallest absolute Gasteiger partial charge is 0.00183 e. The summed E-state index contributed by atoms with van der Waals surface area (Å²) in [5.41, 5.74) is 8.51. The average Bonchev–Trinajstić information content (AvgIpc) is 2.81. The van der Waals surface area contributed by atoms with Crippen molar-refractivity contribution in [2.75, 3.05) is 0 Å². The quantitative estimate of drug-likeness (QED) is 0.438. The molecule has 2 aromatic carbocycles. The van der Waals surface area contributed by atoms with Crippen LogP contribution in [0, 0.1) is 17.3 Å². The van der Waals surface area contributed by atoms with Crippen LogP contribution in [0.4, 0.5) is 0 Å². The van der Waals surface area contributed by atoms with E-state index >= 15 is 0 Å². The highest BCUT2D eigenvalue weighted by atomic mass is 14.7. The van der Waals surface area contributed by atoms with Crippen molar-refractivity contribution < 1.29 is 0 Å². The van der Waals surface area contributed by atoms with Crippen LogP contribution >= 0.6 is 0 Å². The van der Waals surface area contributed by atoms with E-state index < -0.39 is 0 Å². The second-order valence-electron chi connectivity index (χ2n) is 11.3. The molecule has 6 rings (SSSR count). The lowest BCUT2D eigenvalue weighted by molar-refractivity contribution is -0.127. The molecule has 0 amide bonds. The Morgan fingerprint density at radius 2 is 1.19 bits per heavy atom. The van der Waals surface area contributed by atoms with Crippen LogP contribution in [0.3, 0.4) is 0 Å². The van der Waals surface area contributed by atoms with Gasteiger partial charge in [0, 0.05) is 5.41 Å². The van der Waals surface area contributed by atoms with E-state index in [1.807, 2.05) is 24.3 Å². The lowest BCUT2D eigenvalue weighted by Gasteiger charge is -2.70. The van der Waals surface area contributed by atoms with Gasteiger partial charge in [-0.3, -0.25) is 0 Å². The number of rotatable bonds is 6. The first kappa shape index (κ1) is 21.3. The molecule has 0 saturated heterocycles. The van der Waals surface area contributed by atoms with E-state index in [0.29, 0.717) is 0 Å². The first-order chi connectivity index (χ1) is 15.3. The van der Waals surface area contributed by atoms with Crippen LogP contribution in [0.5, 0.6) is 0 Å². The van der Waals surface area contributed by atoms with Crippen molar-refractivity contribution in [3.63, 3.8) is 0 Å². The molecule has 4 bridgehead atoms. The molecular formula is C32H36. The number of hydrogen-bond acceptors (Lipinski definition) is 0. The molecule has 0 N–H and O–H groups in total. The molecule has 4 aliphatic carbocycles. The van der Waals surface area contributed by atoms with Crippen molar-refractivity contribution in [2.24, 2.45) is 17.3 Å². The van der Waals surface area contributed by atoms with E-state index in [-0.39, 0.29) is 16.2 Å². The van der Waals surface area contributed by atoms with E-state index in [1.54, 1.807) is 0 Å². The summed E-state index contributed by atoms with van der Waals surface area (Å²) in [7, 11) is 0. The molecule has 4 aliphatic rings. The normalized spacial score (nSPS) is 31.8. The Bertz CT molecular complexity index is 1080. The van der Waals surface area contributed by atoms with Crippen LogP contribution in [-0.2, 0) is 10.8 Å². The monoisotopic (exact) mass is 420 g/mol. The van der Waals surface area contributed by atoms with E-state index in [9.17, 15) is 0 Å². The summed E-state index contributed by atoms with van der Waals surface area (Å²) in [4.78, 5) is 0. The van der Waals surface area contributed by atoms with Gasteiger partial charge in [-0.25, -0.2) is 0 Å². The van der Waals surface area contributed by atoms with Gasteiger partial charge in [0.05, 0.1) is 0 Å². The summed E-state index contributed by atoms with van der Waals surface area (Å²) < 4.78 is 0. The SMILES string of the molecule is C=Cc1cc(C=C)cc(C23CC4CC(C2)C(C)(C)C(c2cc(C=C)cc(C=C)c2)(C4)C3)c1. The standard InChI is InChI=1S/C32H36/c1-7-22-11-23(8-2)14-27(13-22)31-18-26-17-29(20-31)30(5,6)32(19-26,21-31)28-15-24(9-3)12-25(10-4)16-28/h7-16,26,29H,1-4,17-21H2,5-6H3. The molecule has 4 fully saturated rings. The fourth-order valence-electron chi connectivity index (χ4n) is 7.89. The zero-order valence-corrected chi connectivity index (χ0v) is 19.8. The third-order valence-electron chi connectivity index (χ3n) is 9.53. The van der Waals surface area contributed by atoms with Gasteiger partial charge in [0.15, 0.2) is 0 Å². The molecule has 164 valence electrons. The van der Waals surface area contributed by atoms with Gasteiger partial charge in [-0.15, -0.1) is 0 Å². The molecule has 0 nitrogen and oxygen atoms in total. The molecule has 32 heavy (non-hydrogen) atoms. The fourth-order valence-corrected chi connectivity index (χ4v) is 7.89. The number of benzene rings is 2. The second kappa shape index (κ2) is 7.20. The summed E-state index contributed by atoms with van der Waals surface area (Å²) in [6, 6.07) is 14.0. The second-order valence-corrected chi connectivity index (χ2v) is 11.3. The zero-order chi connectivity index (χ0) is 22.7. The lowest BCUT2D eigenvalue weighted by Crippen LogP contribution is -2.64. The third-order valence-corrected chi connectivity index (χ3v) is 9.53. The molecule has 0 heterocycles. The zero-order valence-electron chi connectivity index (χ0n) is 19.8. The van der Waals surface area contributed by atoms with Gasteiger partial charge >= 0.3 is 0 Å². The predicted octanol–water partition coefficient (Wildman–Crippen LogP) is 8.68. The Morgan fingerprint density at radius 1 is 0.688 bits per heavy atom. The summed E-state index contributed by atoms with van der Waals surface area (Å²) >= 11 is 0. The summed E-state index contributed by atoms with van der Waals surface area (Å²) in [5.74, 6) is 1.53. The Morgan fingerprint density at radius 3 is 1.69 bits per heavy atom. The molecule has 0 heteroatoms. The minimum atomic E-state index is 0.173. The predicted molar refractivity (Wildman–Crippen MR) is 140 cm³/mol. The van der Waals surface area contributed by atoms with Crippen molar-refractivity contribution in [1.82, 2.24) is 0 Å². The summed E-state index contributed by atoms with van der Waals surface area (Å²) in [6.45, 7) is 21.4. The lowest BCUT2D eigenvalue weighted by atomic mass is 9.34. The molecule has 0 aromatic heterocycles. The Kier molecular flexibility index (Phi) is 4.79. The fraction of sp³-hybridized carbons (Fsp3) is 0.375. The topological polar surface area (TPSA) is 0 Å². The minimum absolute atomic E-state index is 0.173. The van der Waals surface area contributed by atoms with Gasteiger partial charge in [0.1, 0.15) is 0 Å². The van der Waals surface area contributed by atoms with Crippen LogP contribution in [0.25, 0.3) is 24.3 Å². The Balaban J connectivity index is 1.72. The van der Waals surface area contributed by atoms with Crippen molar-refractivity contribution in [3.05, 3.63) is 96.1 Å². The summed E-state index contributed by atoms with van der Waals surface area (Å²) in [6.07, 6.45) is 14.5. The first-order valence-electron chi connectivity index (χ1n) is 12.1. The van der Waals surface area contributed by atoms with Crippen LogP contribution in [0.15, 0.2) is 62.7 Å². The number of hydrogen-bond donors (Lipinski definition) is 0. The van der Waals surface area contributed by atoms with Crippen molar-refractivity contribution >= 4 is 24.3 Å². The average molecular weight is 421 g/mol. The Hall–Kier alpha value is -2.60. The minimum Gasteiger partial charge on any atom is -0.0985 e. The van der Waals surface area contributed by atoms with E-state index in [0.717, 1.165) is 11.8 Å². The van der Waals surface area contributed by atoms with Crippen LogP contribution in [-0.4, -0.2) is 0 Å². The van der Waals surface area contributed by atoms with Gasteiger partial charge in [0.2, 0.25) is 0 Å². The molecule has 4 unspecified atom stereocenters. The molecule has 0 aliphatic heterocycles. The van der Waals surface area contributed by atoms with Crippen LogP contribution in [0.2, 0.25) is 0 Å². The maximum atomic E-state index is 4.08. The maximum absolute atomic E-state index is 4.08. The van der Waals surface area contributed by atoms with Crippen LogP contribution < -0.4 is 0 Å².